The minimum atomic E-state index is 0.614. The van der Waals surface area contributed by atoms with E-state index in [9.17, 15) is 0 Å². The van der Waals surface area contributed by atoms with Gasteiger partial charge in [0.05, 0.1) is 66.9 Å². The van der Waals surface area contributed by atoms with Crippen LogP contribution in [0.15, 0.2) is 431 Å². The fourth-order valence-corrected chi connectivity index (χ4v) is 18.2. The van der Waals surface area contributed by atoms with Crippen molar-refractivity contribution in [3.05, 3.63) is 431 Å². The molecule has 0 amide bonds. The topological polar surface area (TPSA) is 84.2 Å². The third kappa shape index (κ3) is 11.8. The molecule has 0 saturated carbocycles. The van der Waals surface area contributed by atoms with E-state index in [4.69, 9.17) is 24.9 Å². The van der Waals surface area contributed by atoms with Crippen molar-refractivity contribution in [2.75, 3.05) is 0 Å². The van der Waals surface area contributed by atoms with E-state index in [1.165, 1.54) is 70.5 Å². The second-order valence-corrected chi connectivity index (χ2v) is 30.6. The average molecular weight is 1530 g/mol. The van der Waals surface area contributed by atoms with E-state index in [1.807, 2.05) is 36.4 Å². The summed E-state index contributed by atoms with van der Waals surface area (Å²) in [5.41, 5.74) is 25.9. The first-order valence-corrected chi connectivity index (χ1v) is 40.7. The van der Waals surface area contributed by atoms with Gasteiger partial charge in [-0.05, 0) is 136 Å². The van der Waals surface area contributed by atoms with Crippen LogP contribution in [-0.4, -0.2) is 43.2 Å². The molecular formula is C111H71N9. The molecule has 24 aromatic rings. The van der Waals surface area contributed by atoms with E-state index < -0.39 is 0 Å². The quantitative estimate of drug-likeness (QED) is 0.122. The highest BCUT2D eigenvalue weighted by Gasteiger charge is 2.27. The minimum absolute atomic E-state index is 0.614. The maximum absolute atomic E-state index is 5.37. The Morgan fingerprint density at radius 2 is 0.475 bits per heavy atom. The number of fused-ring (bicyclic) bond motifs is 16. The minimum Gasteiger partial charge on any atom is -0.309 e. The Bertz CT molecular complexity index is 7650. The monoisotopic (exact) mass is 1530 g/mol. The Balaban J connectivity index is 0.000000140. The molecule has 0 aliphatic heterocycles. The van der Waals surface area contributed by atoms with Crippen molar-refractivity contribution in [3.63, 3.8) is 0 Å². The standard InChI is InChI=1S/C56H36N4.C55H35N5/c1-4-17-37(18-5-1)39-22-16-23-41(33-39)56-57-48(38-19-6-2-7-20-38)36-49(58-56)42-34-40-21-10-11-26-44(40)53(35-42)60-51-30-15-13-28-47(51)54-52(60)32-31-46-45-27-12-14-29-50(45)59(55(46)54)43-24-8-3-9-25-43;1-4-17-36(18-5-1)38-22-16-23-40(33-38)54-56-53(37-19-6-2-7-20-37)57-55(58-54)41-34-39-21-10-11-26-43(39)50(35-41)60-48-30-15-13-28-46(48)51-49(60)32-31-45-44-27-12-14-29-47(44)59(52(45)51)42-24-8-3-9-25-42/h1-36H;1-35H. The Morgan fingerprint density at radius 3 is 0.933 bits per heavy atom. The van der Waals surface area contributed by atoms with Crippen molar-refractivity contribution in [3.8, 4) is 113 Å². The second-order valence-electron chi connectivity index (χ2n) is 30.6. The Labute approximate surface area is 691 Å². The number of hydrogen-bond donors (Lipinski definition) is 0. The summed E-state index contributed by atoms with van der Waals surface area (Å²) in [5.74, 6) is 2.55. The second kappa shape index (κ2) is 28.9. The number of hydrogen-bond acceptors (Lipinski definition) is 5. The van der Waals surface area contributed by atoms with Gasteiger partial charge in [0.2, 0.25) is 0 Å². The zero-order valence-corrected chi connectivity index (χ0v) is 65.0. The van der Waals surface area contributed by atoms with E-state index in [0.29, 0.717) is 23.3 Å². The predicted octanol–water partition coefficient (Wildman–Crippen LogP) is 28.4. The summed E-state index contributed by atoms with van der Waals surface area (Å²) < 4.78 is 9.78. The summed E-state index contributed by atoms with van der Waals surface area (Å²) >= 11 is 0. The molecule has 560 valence electrons. The summed E-state index contributed by atoms with van der Waals surface area (Å²) in [5, 5.41) is 14.3. The van der Waals surface area contributed by atoms with Gasteiger partial charge >= 0.3 is 0 Å². The van der Waals surface area contributed by atoms with Crippen LogP contribution >= 0.6 is 0 Å². The molecule has 0 fully saturated rings. The largest absolute Gasteiger partial charge is 0.309 e. The first-order valence-electron chi connectivity index (χ1n) is 40.7. The number of aromatic nitrogens is 9. The lowest BCUT2D eigenvalue weighted by Crippen LogP contribution is -2.02. The van der Waals surface area contributed by atoms with E-state index in [2.05, 4.69) is 413 Å². The van der Waals surface area contributed by atoms with E-state index in [0.717, 1.165) is 128 Å². The first-order chi connectivity index (χ1) is 59.5. The van der Waals surface area contributed by atoms with Gasteiger partial charge in [-0.15, -0.1) is 0 Å². The maximum Gasteiger partial charge on any atom is 0.164 e. The molecule has 0 spiro atoms. The van der Waals surface area contributed by atoms with Crippen LogP contribution in [-0.2, 0) is 0 Å². The predicted molar refractivity (Wildman–Crippen MR) is 498 cm³/mol. The third-order valence-electron chi connectivity index (χ3n) is 23.6. The molecule has 0 bridgehead atoms. The molecule has 0 aliphatic rings. The van der Waals surface area contributed by atoms with Crippen molar-refractivity contribution in [1.82, 2.24) is 43.2 Å². The zero-order chi connectivity index (χ0) is 79.1. The fourth-order valence-electron chi connectivity index (χ4n) is 18.2. The summed E-state index contributed by atoms with van der Waals surface area (Å²) in [7, 11) is 0. The summed E-state index contributed by atoms with van der Waals surface area (Å²) in [6, 6.07) is 153. The number of benzene rings is 18. The van der Waals surface area contributed by atoms with Crippen LogP contribution in [0.3, 0.4) is 0 Å². The molecule has 9 heteroatoms. The number of rotatable bonds is 12. The fraction of sp³-hybridized carbons (Fsp3) is 0. The van der Waals surface area contributed by atoms with Crippen molar-refractivity contribution < 1.29 is 0 Å². The highest BCUT2D eigenvalue weighted by atomic mass is 15.1. The number of para-hydroxylation sites is 6. The molecule has 6 heterocycles. The Kier molecular flexibility index (Phi) is 16.7. The van der Waals surface area contributed by atoms with E-state index in [-0.39, 0.29) is 0 Å². The van der Waals surface area contributed by atoms with Crippen molar-refractivity contribution in [2.45, 2.75) is 0 Å². The Morgan fingerprint density at radius 1 is 0.158 bits per heavy atom. The SMILES string of the molecule is c1ccc(-c2cccc(-c3nc(-c4ccccc4)cc(-c4cc(-n5c6ccccc6c6c5ccc5c7ccccc7n(-c7ccccc7)c56)c5ccccc5c4)n3)c2)cc1.c1ccc(-c2cccc(-c3nc(-c4ccccc4)nc(-c4cc(-n5c6ccccc6c6c5ccc5c7ccccc7n(-c7ccccc7)c56)c5ccccc5c4)n3)c2)cc1. The highest BCUT2D eigenvalue weighted by Crippen LogP contribution is 2.47. The van der Waals surface area contributed by atoms with Crippen molar-refractivity contribution in [1.29, 1.82) is 0 Å². The van der Waals surface area contributed by atoms with Gasteiger partial charge in [-0.3, -0.25) is 0 Å². The van der Waals surface area contributed by atoms with Gasteiger partial charge in [0, 0.05) is 98.6 Å². The van der Waals surface area contributed by atoms with Crippen LogP contribution in [0, 0.1) is 0 Å². The van der Waals surface area contributed by atoms with Crippen molar-refractivity contribution >= 4 is 109 Å². The smallest absolute Gasteiger partial charge is 0.164 e. The maximum atomic E-state index is 5.37. The molecule has 120 heavy (non-hydrogen) atoms. The van der Waals surface area contributed by atoms with Gasteiger partial charge in [0.25, 0.3) is 0 Å². The lowest BCUT2D eigenvalue weighted by atomic mass is 10.00. The van der Waals surface area contributed by atoms with E-state index >= 15 is 0 Å². The summed E-state index contributed by atoms with van der Waals surface area (Å²) in [4.78, 5) is 26.2. The molecule has 0 unspecified atom stereocenters. The van der Waals surface area contributed by atoms with Gasteiger partial charge in [-0.25, -0.2) is 24.9 Å². The first kappa shape index (κ1) is 69.3. The molecule has 18 aromatic carbocycles. The van der Waals surface area contributed by atoms with Crippen LogP contribution in [0.1, 0.15) is 0 Å². The molecule has 6 aromatic heterocycles. The third-order valence-corrected chi connectivity index (χ3v) is 23.6. The van der Waals surface area contributed by atoms with Crippen molar-refractivity contribution in [2.24, 2.45) is 0 Å². The van der Waals surface area contributed by atoms with Crippen LogP contribution < -0.4 is 0 Å². The van der Waals surface area contributed by atoms with Crippen LogP contribution in [0.2, 0.25) is 0 Å². The van der Waals surface area contributed by atoms with Gasteiger partial charge in [-0.1, -0.05) is 328 Å². The molecule has 24 rings (SSSR count). The zero-order valence-electron chi connectivity index (χ0n) is 65.0. The van der Waals surface area contributed by atoms with Crippen LogP contribution in [0.25, 0.3) is 222 Å². The van der Waals surface area contributed by atoms with E-state index in [1.54, 1.807) is 0 Å². The highest BCUT2D eigenvalue weighted by molar-refractivity contribution is 6.28. The summed E-state index contributed by atoms with van der Waals surface area (Å²) in [6.07, 6.45) is 0. The van der Waals surface area contributed by atoms with Gasteiger partial charge in [0.15, 0.2) is 23.3 Å². The molecule has 0 N–H and O–H groups in total. The molecule has 9 nitrogen and oxygen atoms in total. The molecule has 0 radical (unpaired) electrons. The lowest BCUT2D eigenvalue weighted by molar-refractivity contribution is 1.07. The summed E-state index contributed by atoms with van der Waals surface area (Å²) in [6.45, 7) is 0. The van der Waals surface area contributed by atoms with Gasteiger partial charge in [-0.2, -0.15) is 0 Å². The van der Waals surface area contributed by atoms with Gasteiger partial charge in [0.1, 0.15) is 0 Å². The molecule has 0 atom stereocenters. The average Bonchev–Trinajstić information content (AvgIpc) is 1.55. The molecule has 0 aliphatic carbocycles. The Hall–Kier alpha value is -16.2. The molecule has 0 saturated heterocycles. The van der Waals surface area contributed by atoms with Crippen LogP contribution in [0.5, 0.6) is 0 Å². The normalized spacial score (nSPS) is 11.7. The number of nitrogens with zero attached hydrogens (tertiary/aromatic N) is 9. The lowest BCUT2D eigenvalue weighted by Gasteiger charge is -2.15. The van der Waals surface area contributed by atoms with Gasteiger partial charge < -0.3 is 18.3 Å². The molecular weight excluding hydrogens is 1460 g/mol. The van der Waals surface area contributed by atoms with Crippen LogP contribution in [0.4, 0.5) is 0 Å².